The predicted molar refractivity (Wildman–Crippen MR) is 59.4 cm³/mol. The largest absolute Gasteiger partial charge is 0.465 e. The summed E-state index contributed by atoms with van der Waals surface area (Å²) in [6.07, 6.45) is 2.90. The number of hydrogen-bond donors (Lipinski definition) is 0. The van der Waals surface area contributed by atoms with Crippen molar-refractivity contribution in [3.63, 3.8) is 0 Å². The average Bonchev–Trinajstić information content (AvgIpc) is 2.73. The minimum absolute atomic E-state index is 0.0843. The van der Waals surface area contributed by atoms with Crippen LogP contribution in [0.1, 0.15) is 34.6 Å². The molecule has 0 aliphatic carbocycles. The van der Waals surface area contributed by atoms with Crippen molar-refractivity contribution < 1.29 is 9.53 Å². The zero-order valence-corrected chi connectivity index (χ0v) is 9.59. The Morgan fingerprint density at radius 2 is 2.47 bits per heavy atom. The molecule has 7 nitrogen and oxygen atoms in total. The van der Waals surface area contributed by atoms with Crippen molar-refractivity contribution >= 4 is 5.97 Å². The Morgan fingerprint density at radius 1 is 1.65 bits per heavy atom. The number of methoxy groups -OCH3 is 1. The summed E-state index contributed by atoms with van der Waals surface area (Å²) in [5, 5.41) is 7.77. The van der Waals surface area contributed by atoms with Gasteiger partial charge < -0.3 is 4.74 Å². The maximum atomic E-state index is 11.7. The number of ether oxygens (including phenoxy) is 1. The van der Waals surface area contributed by atoms with Crippen LogP contribution in [0, 0.1) is 0 Å². The van der Waals surface area contributed by atoms with Gasteiger partial charge in [-0.15, -0.1) is 0 Å². The Labute approximate surface area is 98.0 Å². The van der Waals surface area contributed by atoms with E-state index >= 15 is 0 Å². The molecule has 2 heterocycles. The van der Waals surface area contributed by atoms with E-state index in [2.05, 4.69) is 15.1 Å². The van der Waals surface area contributed by atoms with Gasteiger partial charge in [-0.3, -0.25) is 4.68 Å². The Morgan fingerprint density at radius 3 is 3.18 bits per heavy atom. The quantitative estimate of drug-likeness (QED) is 0.346. The molecule has 0 saturated heterocycles. The standard InChI is InChI=1S/C10H13N5O2/c1-17-10(16)9-7(6-12-14-11)13-15-5-3-2-4-8(9)15/h2-6H2,1H3. The van der Waals surface area contributed by atoms with Crippen LogP contribution in [0.15, 0.2) is 5.11 Å². The topological polar surface area (TPSA) is 92.9 Å². The average molecular weight is 235 g/mol. The van der Waals surface area contributed by atoms with Crippen molar-refractivity contribution in [1.29, 1.82) is 0 Å². The number of azide groups is 1. The second-order valence-electron chi connectivity index (χ2n) is 3.83. The third-order valence-electron chi connectivity index (χ3n) is 2.84. The minimum Gasteiger partial charge on any atom is -0.465 e. The van der Waals surface area contributed by atoms with E-state index in [0.29, 0.717) is 11.3 Å². The number of carbonyl (C=O) groups excluding carboxylic acids is 1. The number of rotatable bonds is 3. The molecule has 0 N–H and O–H groups in total. The van der Waals surface area contributed by atoms with Crippen LogP contribution in [0.3, 0.4) is 0 Å². The molecule has 1 aromatic heterocycles. The fourth-order valence-electron chi connectivity index (χ4n) is 2.09. The lowest BCUT2D eigenvalue weighted by molar-refractivity contribution is 0.0597. The van der Waals surface area contributed by atoms with Crippen molar-refractivity contribution in [1.82, 2.24) is 9.78 Å². The predicted octanol–water partition coefficient (Wildman–Crippen LogP) is 1.82. The highest BCUT2D eigenvalue weighted by Crippen LogP contribution is 2.23. The molecule has 1 aromatic rings. The van der Waals surface area contributed by atoms with Crippen LogP contribution in [0.5, 0.6) is 0 Å². The Kier molecular flexibility index (Phi) is 3.30. The lowest BCUT2D eigenvalue weighted by atomic mass is 10.0. The summed E-state index contributed by atoms with van der Waals surface area (Å²) < 4.78 is 6.57. The first-order valence-corrected chi connectivity index (χ1v) is 5.45. The van der Waals surface area contributed by atoms with Crippen LogP contribution in [0.25, 0.3) is 10.4 Å². The number of aryl methyl sites for hydroxylation is 1. The van der Waals surface area contributed by atoms with Gasteiger partial charge in [0.15, 0.2) is 0 Å². The first-order valence-electron chi connectivity index (χ1n) is 5.45. The highest BCUT2D eigenvalue weighted by molar-refractivity contribution is 5.92. The SMILES string of the molecule is COC(=O)c1c(CN=[N+]=[N-])nn2c1CCCC2. The molecule has 0 spiro atoms. The van der Waals surface area contributed by atoms with E-state index in [1.165, 1.54) is 7.11 Å². The summed E-state index contributed by atoms with van der Waals surface area (Å²) in [5.41, 5.74) is 10.2. The first kappa shape index (κ1) is 11.5. The number of nitrogens with zero attached hydrogens (tertiary/aromatic N) is 5. The molecule has 0 saturated carbocycles. The smallest absolute Gasteiger partial charge is 0.341 e. The molecule has 17 heavy (non-hydrogen) atoms. The third-order valence-corrected chi connectivity index (χ3v) is 2.84. The van der Waals surface area contributed by atoms with Crippen LogP contribution in [-0.2, 0) is 24.2 Å². The second-order valence-corrected chi connectivity index (χ2v) is 3.83. The molecule has 0 atom stereocenters. The third kappa shape index (κ3) is 2.09. The van der Waals surface area contributed by atoms with Gasteiger partial charge in [0.1, 0.15) is 5.56 Å². The molecule has 7 heteroatoms. The number of carbonyl (C=O) groups is 1. The zero-order chi connectivity index (χ0) is 12.3. The number of fused-ring (bicyclic) bond motifs is 1. The van der Waals surface area contributed by atoms with Crippen LogP contribution in [0.2, 0.25) is 0 Å². The molecule has 1 aliphatic heterocycles. The molecule has 90 valence electrons. The van der Waals surface area contributed by atoms with Crippen LogP contribution in [0.4, 0.5) is 0 Å². The monoisotopic (exact) mass is 235 g/mol. The van der Waals surface area contributed by atoms with Gasteiger partial charge >= 0.3 is 5.97 Å². The van der Waals surface area contributed by atoms with E-state index in [1.54, 1.807) is 0 Å². The Hall–Kier alpha value is -2.01. The van der Waals surface area contributed by atoms with Gasteiger partial charge in [0.25, 0.3) is 0 Å². The normalized spacial score (nSPS) is 13.7. The van der Waals surface area contributed by atoms with Gasteiger partial charge in [0, 0.05) is 11.5 Å². The van der Waals surface area contributed by atoms with E-state index in [9.17, 15) is 4.79 Å². The summed E-state index contributed by atoms with van der Waals surface area (Å²) >= 11 is 0. The van der Waals surface area contributed by atoms with Crippen molar-refractivity contribution in [2.45, 2.75) is 32.4 Å². The Bertz CT molecular complexity index is 487. The second kappa shape index (κ2) is 4.88. The molecule has 0 bridgehead atoms. The highest BCUT2D eigenvalue weighted by Gasteiger charge is 2.25. The van der Waals surface area contributed by atoms with Gasteiger partial charge in [-0.25, -0.2) is 4.79 Å². The van der Waals surface area contributed by atoms with Crippen molar-refractivity contribution in [2.75, 3.05) is 7.11 Å². The molecule has 0 radical (unpaired) electrons. The van der Waals surface area contributed by atoms with Crippen molar-refractivity contribution in [3.8, 4) is 0 Å². The summed E-state index contributed by atoms with van der Waals surface area (Å²) in [6.45, 7) is 0.885. The fourth-order valence-corrected chi connectivity index (χ4v) is 2.09. The van der Waals surface area contributed by atoms with Gasteiger partial charge in [-0.2, -0.15) is 5.10 Å². The summed E-state index contributed by atoms with van der Waals surface area (Å²) in [6, 6.07) is 0. The minimum atomic E-state index is -0.406. The van der Waals surface area contributed by atoms with E-state index in [4.69, 9.17) is 10.3 Å². The molecule has 0 amide bonds. The van der Waals surface area contributed by atoms with E-state index in [1.807, 2.05) is 4.68 Å². The number of aromatic nitrogens is 2. The maximum absolute atomic E-state index is 11.7. The first-order chi connectivity index (χ1) is 8.27. The highest BCUT2D eigenvalue weighted by atomic mass is 16.5. The summed E-state index contributed by atoms with van der Waals surface area (Å²) in [4.78, 5) is 14.4. The van der Waals surface area contributed by atoms with Crippen LogP contribution >= 0.6 is 0 Å². The summed E-state index contributed by atoms with van der Waals surface area (Å²) in [7, 11) is 1.34. The van der Waals surface area contributed by atoms with Crippen molar-refractivity contribution in [2.24, 2.45) is 5.11 Å². The van der Waals surface area contributed by atoms with Crippen LogP contribution < -0.4 is 0 Å². The lowest BCUT2D eigenvalue weighted by Crippen LogP contribution is -2.14. The van der Waals surface area contributed by atoms with E-state index in [-0.39, 0.29) is 6.54 Å². The maximum Gasteiger partial charge on any atom is 0.341 e. The molecule has 0 aromatic carbocycles. The summed E-state index contributed by atoms with van der Waals surface area (Å²) in [5.74, 6) is -0.406. The van der Waals surface area contributed by atoms with Gasteiger partial charge in [-0.1, -0.05) is 5.11 Å². The lowest BCUT2D eigenvalue weighted by Gasteiger charge is -2.13. The van der Waals surface area contributed by atoms with Crippen molar-refractivity contribution in [3.05, 3.63) is 27.4 Å². The molecule has 2 rings (SSSR count). The number of hydrogen-bond acceptors (Lipinski definition) is 4. The molecule has 1 aliphatic rings. The Balaban J connectivity index is 2.46. The molecule has 0 fully saturated rings. The number of esters is 1. The van der Waals surface area contributed by atoms with E-state index < -0.39 is 5.97 Å². The van der Waals surface area contributed by atoms with Gasteiger partial charge in [-0.05, 0) is 24.8 Å². The van der Waals surface area contributed by atoms with Gasteiger partial charge in [0.2, 0.25) is 0 Å². The molecular weight excluding hydrogens is 222 g/mol. The zero-order valence-electron chi connectivity index (χ0n) is 9.59. The molecular formula is C10H13N5O2. The molecule has 0 unspecified atom stereocenters. The van der Waals surface area contributed by atoms with E-state index in [0.717, 1.165) is 31.5 Å². The van der Waals surface area contributed by atoms with Crippen LogP contribution in [-0.4, -0.2) is 22.9 Å². The van der Waals surface area contributed by atoms with Gasteiger partial charge in [0.05, 0.1) is 25.0 Å². The fraction of sp³-hybridized carbons (Fsp3) is 0.600.